The Labute approximate surface area is 150 Å². The second-order valence-corrected chi connectivity index (χ2v) is 6.46. The predicted molar refractivity (Wildman–Crippen MR) is 98.5 cm³/mol. The van der Waals surface area contributed by atoms with Gasteiger partial charge in [-0.25, -0.2) is 0 Å². The summed E-state index contributed by atoms with van der Waals surface area (Å²) in [6, 6.07) is 12.0. The Morgan fingerprint density at radius 1 is 1.20 bits per heavy atom. The van der Waals surface area contributed by atoms with E-state index in [1.807, 2.05) is 34.9 Å². The molecule has 0 aliphatic heterocycles. The second-order valence-electron chi connectivity index (χ2n) is 5.52. The van der Waals surface area contributed by atoms with Gasteiger partial charge in [0.1, 0.15) is 0 Å². The molecule has 0 radical (unpaired) electrons. The molecule has 1 aromatic carbocycles. The molecule has 0 bridgehead atoms. The number of nitrogens with two attached hydrogens (primary N) is 1. The number of amides is 1. The molecular weight excluding hydrogens is 334 g/mol. The van der Waals surface area contributed by atoms with E-state index < -0.39 is 0 Å². The van der Waals surface area contributed by atoms with Crippen LogP contribution in [0.1, 0.15) is 18.9 Å². The average molecular weight is 353 g/mol. The third kappa shape index (κ3) is 3.88. The summed E-state index contributed by atoms with van der Waals surface area (Å²) in [6.45, 7) is 2.15. The fraction of sp³-hybridized carbons (Fsp3) is 0.222. The first-order valence-electron chi connectivity index (χ1n) is 8.06. The molecule has 0 aliphatic rings. The summed E-state index contributed by atoms with van der Waals surface area (Å²) in [5.41, 5.74) is 8.38. The number of aryl methyl sites for hydroxylation is 1. The molecule has 3 rings (SSSR count). The lowest BCUT2D eigenvalue weighted by Gasteiger charge is -2.14. The maximum atomic E-state index is 11.2. The highest BCUT2D eigenvalue weighted by atomic mass is 32.2. The summed E-state index contributed by atoms with van der Waals surface area (Å²) in [5.74, 6) is 0.467. The van der Waals surface area contributed by atoms with E-state index in [-0.39, 0.29) is 11.7 Å². The summed E-state index contributed by atoms with van der Waals surface area (Å²) in [4.78, 5) is 15.4. The fourth-order valence-corrected chi connectivity index (χ4v) is 3.29. The molecule has 7 heteroatoms. The molecule has 25 heavy (non-hydrogen) atoms. The molecule has 128 valence electrons. The van der Waals surface area contributed by atoms with Gasteiger partial charge in [0.15, 0.2) is 11.0 Å². The zero-order chi connectivity index (χ0) is 17.6. The van der Waals surface area contributed by atoms with E-state index in [4.69, 9.17) is 5.73 Å². The molecule has 1 amide bonds. The first-order valence-corrected chi connectivity index (χ1v) is 9.04. The minimum Gasteiger partial charge on any atom is -0.369 e. The van der Waals surface area contributed by atoms with Crippen LogP contribution < -0.4 is 5.73 Å². The van der Waals surface area contributed by atoms with Crippen LogP contribution in [-0.2, 0) is 11.2 Å². The van der Waals surface area contributed by atoms with E-state index in [9.17, 15) is 4.79 Å². The molecule has 0 saturated heterocycles. The predicted octanol–water partition coefficient (Wildman–Crippen LogP) is 2.86. The maximum Gasteiger partial charge on any atom is 0.227 e. The number of rotatable bonds is 7. The number of thioether (sulfide) groups is 1. The molecular formula is C18H19N5OS. The van der Waals surface area contributed by atoms with Gasteiger partial charge in [0.25, 0.3) is 0 Å². The number of carbonyl (C=O) groups is 1. The van der Waals surface area contributed by atoms with E-state index in [0.29, 0.717) is 11.0 Å². The quantitative estimate of drug-likeness (QED) is 0.660. The summed E-state index contributed by atoms with van der Waals surface area (Å²) in [5, 5.41) is 9.26. The van der Waals surface area contributed by atoms with Gasteiger partial charge in [0.05, 0.1) is 11.4 Å². The number of nitrogens with zero attached hydrogens (tertiary/aromatic N) is 4. The van der Waals surface area contributed by atoms with Gasteiger partial charge in [-0.1, -0.05) is 43.3 Å². The van der Waals surface area contributed by atoms with Gasteiger partial charge in [0, 0.05) is 18.0 Å². The Hall–Kier alpha value is -2.67. The van der Waals surface area contributed by atoms with Crippen LogP contribution >= 0.6 is 11.8 Å². The fourth-order valence-electron chi connectivity index (χ4n) is 2.61. The van der Waals surface area contributed by atoms with Crippen molar-refractivity contribution in [1.82, 2.24) is 19.7 Å². The second kappa shape index (κ2) is 7.94. The first-order chi connectivity index (χ1) is 12.2. The maximum absolute atomic E-state index is 11.2. The highest BCUT2D eigenvalue weighted by molar-refractivity contribution is 7.99. The summed E-state index contributed by atoms with van der Waals surface area (Å²) in [6.07, 6.45) is 5.45. The number of hydrogen-bond acceptors (Lipinski definition) is 5. The van der Waals surface area contributed by atoms with Crippen molar-refractivity contribution in [1.29, 1.82) is 0 Å². The molecule has 0 saturated carbocycles. The van der Waals surface area contributed by atoms with Crippen LogP contribution in [0.25, 0.3) is 17.1 Å². The molecule has 2 heterocycles. The van der Waals surface area contributed by atoms with Crippen molar-refractivity contribution in [2.75, 3.05) is 5.75 Å². The van der Waals surface area contributed by atoms with Gasteiger partial charge in [-0.05, 0) is 30.2 Å². The smallest absolute Gasteiger partial charge is 0.227 e. The minimum absolute atomic E-state index is 0.154. The average Bonchev–Trinajstić information content (AvgIpc) is 3.05. The van der Waals surface area contributed by atoms with Gasteiger partial charge in [-0.2, -0.15) is 0 Å². The third-order valence-corrected chi connectivity index (χ3v) is 4.60. The van der Waals surface area contributed by atoms with Crippen molar-refractivity contribution in [2.45, 2.75) is 24.9 Å². The van der Waals surface area contributed by atoms with Gasteiger partial charge >= 0.3 is 0 Å². The van der Waals surface area contributed by atoms with Crippen molar-refractivity contribution in [3.63, 3.8) is 0 Å². The molecule has 0 atom stereocenters. The van der Waals surface area contributed by atoms with E-state index in [0.717, 1.165) is 24.1 Å². The van der Waals surface area contributed by atoms with Gasteiger partial charge in [0.2, 0.25) is 5.91 Å². The highest BCUT2D eigenvalue weighted by Crippen LogP contribution is 2.29. The number of benzene rings is 1. The topological polar surface area (TPSA) is 86.7 Å². The molecule has 6 nitrogen and oxygen atoms in total. The zero-order valence-corrected chi connectivity index (χ0v) is 14.7. The van der Waals surface area contributed by atoms with E-state index >= 15 is 0 Å². The Balaban J connectivity index is 2.15. The lowest BCUT2D eigenvalue weighted by Crippen LogP contribution is -2.14. The molecule has 0 spiro atoms. The summed E-state index contributed by atoms with van der Waals surface area (Å²) < 4.78 is 1.98. The molecule has 0 fully saturated rings. The Morgan fingerprint density at radius 3 is 2.76 bits per heavy atom. The van der Waals surface area contributed by atoms with Crippen LogP contribution in [0.5, 0.6) is 0 Å². The molecule has 2 N–H and O–H groups in total. The van der Waals surface area contributed by atoms with Crippen molar-refractivity contribution < 1.29 is 4.79 Å². The lowest BCUT2D eigenvalue weighted by atomic mass is 10.1. The monoisotopic (exact) mass is 353 g/mol. The van der Waals surface area contributed by atoms with E-state index in [2.05, 4.69) is 28.2 Å². The van der Waals surface area contributed by atoms with Crippen LogP contribution in [0.4, 0.5) is 0 Å². The van der Waals surface area contributed by atoms with Crippen LogP contribution in [0.15, 0.2) is 53.9 Å². The standard InChI is InChI=1S/C18H19N5OS/c1-2-6-13-7-3-4-9-15(13)23-17(14-8-5-10-20-11-14)21-22-18(23)25-12-16(19)24/h3-5,7-11H,2,6,12H2,1H3,(H2,19,24). The molecule has 3 aromatic rings. The largest absolute Gasteiger partial charge is 0.369 e. The Kier molecular flexibility index (Phi) is 5.45. The normalized spacial score (nSPS) is 10.8. The van der Waals surface area contributed by atoms with E-state index in [1.54, 1.807) is 12.4 Å². The van der Waals surface area contributed by atoms with Crippen molar-refractivity contribution in [3.05, 3.63) is 54.4 Å². The lowest BCUT2D eigenvalue weighted by molar-refractivity contribution is -0.115. The summed E-state index contributed by atoms with van der Waals surface area (Å²) in [7, 11) is 0. The van der Waals surface area contributed by atoms with Crippen LogP contribution in [0.2, 0.25) is 0 Å². The SMILES string of the molecule is CCCc1ccccc1-n1c(SCC(N)=O)nnc1-c1cccnc1. The Morgan fingerprint density at radius 2 is 2.04 bits per heavy atom. The zero-order valence-electron chi connectivity index (χ0n) is 13.9. The first kappa shape index (κ1) is 17.2. The van der Waals surface area contributed by atoms with Crippen LogP contribution in [0, 0.1) is 0 Å². The minimum atomic E-state index is -0.385. The van der Waals surface area contributed by atoms with Gasteiger partial charge in [-0.3, -0.25) is 14.3 Å². The summed E-state index contributed by atoms with van der Waals surface area (Å²) >= 11 is 1.29. The molecule has 0 unspecified atom stereocenters. The highest BCUT2D eigenvalue weighted by Gasteiger charge is 2.18. The van der Waals surface area contributed by atoms with E-state index in [1.165, 1.54) is 17.3 Å². The number of para-hydroxylation sites is 1. The van der Waals surface area contributed by atoms with Crippen LogP contribution in [0.3, 0.4) is 0 Å². The molecule has 0 aliphatic carbocycles. The number of pyridine rings is 1. The van der Waals surface area contributed by atoms with Crippen LogP contribution in [-0.4, -0.2) is 31.4 Å². The number of carbonyl (C=O) groups excluding carboxylic acids is 1. The van der Waals surface area contributed by atoms with Crippen molar-refractivity contribution >= 4 is 17.7 Å². The number of hydrogen-bond donors (Lipinski definition) is 1. The third-order valence-electron chi connectivity index (χ3n) is 3.65. The Bertz CT molecular complexity index is 863. The number of aromatic nitrogens is 4. The van der Waals surface area contributed by atoms with Crippen molar-refractivity contribution in [2.24, 2.45) is 5.73 Å². The van der Waals surface area contributed by atoms with Gasteiger partial charge in [-0.15, -0.1) is 10.2 Å². The number of primary amides is 1. The van der Waals surface area contributed by atoms with Crippen molar-refractivity contribution in [3.8, 4) is 17.1 Å². The molecule has 2 aromatic heterocycles. The van der Waals surface area contributed by atoms with Gasteiger partial charge < -0.3 is 5.73 Å².